The summed E-state index contributed by atoms with van der Waals surface area (Å²) in [6, 6.07) is 0. The monoisotopic (exact) mass is 120 g/mol. The molecule has 0 fully saturated rings. The first-order valence-corrected chi connectivity index (χ1v) is 2.86. The zero-order valence-electron chi connectivity index (χ0n) is 4.36. The summed E-state index contributed by atoms with van der Waals surface area (Å²) in [5.41, 5.74) is 0. The Labute approximate surface area is 48.7 Å². The van der Waals surface area contributed by atoms with Crippen LogP contribution in [-0.4, -0.2) is 12.2 Å². The molecule has 42 valence electrons. The molecule has 0 aromatic heterocycles. The molecule has 7 heavy (non-hydrogen) atoms. The van der Waals surface area contributed by atoms with E-state index in [9.17, 15) is 4.79 Å². The van der Waals surface area contributed by atoms with Crippen LogP contribution in [0.2, 0.25) is 0 Å². The van der Waals surface area contributed by atoms with Gasteiger partial charge in [0.1, 0.15) is 6.29 Å². The van der Waals surface area contributed by atoms with Crippen molar-refractivity contribution in [2.75, 3.05) is 5.88 Å². The first kappa shape index (κ1) is 6.96. The molecular formula is C5H9ClO. The largest absolute Gasteiger partial charge is 0.303 e. The summed E-state index contributed by atoms with van der Waals surface area (Å²) >= 11 is 5.32. The third-order valence-corrected chi connectivity index (χ3v) is 1.01. The summed E-state index contributed by atoms with van der Waals surface area (Å²) in [4.78, 5) is 9.84. The third-order valence-electron chi connectivity index (χ3n) is 0.797. The molecule has 0 aliphatic rings. The van der Waals surface area contributed by atoms with E-state index in [0.29, 0.717) is 5.88 Å². The van der Waals surface area contributed by atoms with Crippen LogP contribution >= 0.6 is 11.6 Å². The molecule has 0 heterocycles. The van der Waals surface area contributed by atoms with Crippen LogP contribution in [0.3, 0.4) is 0 Å². The molecule has 0 aromatic rings. The molecule has 1 nitrogen and oxygen atoms in total. The zero-order valence-corrected chi connectivity index (χ0v) is 5.11. The number of aldehydes is 1. The highest BCUT2D eigenvalue weighted by molar-refractivity contribution is 6.17. The molecule has 0 saturated heterocycles. The lowest BCUT2D eigenvalue weighted by molar-refractivity contribution is -0.110. The van der Waals surface area contributed by atoms with Gasteiger partial charge in [-0.05, 0) is 6.42 Å². The van der Waals surface area contributed by atoms with Gasteiger partial charge in [-0.3, -0.25) is 0 Å². The normalized spacial score (nSPS) is 13.4. The molecule has 0 amide bonds. The highest BCUT2D eigenvalue weighted by Gasteiger charge is 1.94. The van der Waals surface area contributed by atoms with E-state index in [1.165, 1.54) is 0 Å². The van der Waals surface area contributed by atoms with Gasteiger partial charge >= 0.3 is 0 Å². The maximum Gasteiger partial charge on any atom is 0.122 e. The summed E-state index contributed by atoms with van der Waals surface area (Å²) in [7, 11) is 0. The molecule has 0 aromatic carbocycles. The molecule has 0 N–H and O–H groups in total. The molecule has 0 unspecified atom stereocenters. The van der Waals surface area contributed by atoms with Crippen molar-refractivity contribution in [3.63, 3.8) is 0 Å². The maximum absolute atomic E-state index is 9.84. The number of halogens is 1. The predicted octanol–water partition coefficient (Wildman–Crippen LogP) is 1.45. The Balaban J connectivity index is 2.98. The quantitative estimate of drug-likeness (QED) is 0.407. The van der Waals surface area contributed by atoms with Gasteiger partial charge in [-0.1, -0.05) is 6.92 Å². The summed E-state index contributed by atoms with van der Waals surface area (Å²) in [6.45, 7) is 1.86. The SMILES string of the molecule is C[C@H](C=O)CCCl. The van der Waals surface area contributed by atoms with E-state index in [-0.39, 0.29) is 5.92 Å². The minimum absolute atomic E-state index is 0.137. The number of carbonyl (C=O) groups is 1. The summed E-state index contributed by atoms with van der Waals surface area (Å²) in [5.74, 6) is 0.720. The van der Waals surface area contributed by atoms with Crippen molar-refractivity contribution >= 4 is 17.9 Å². The van der Waals surface area contributed by atoms with Gasteiger partial charge < -0.3 is 4.79 Å². The van der Waals surface area contributed by atoms with Gasteiger partial charge in [0.05, 0.1) is 0 Å². The number of rotatable bonds is 3. The van der Waals surface area contributed by atoms with Crippen LogP contribution in [0.1, 0.15) is 13.3 Å². The van der Waals surface area contributed by atoms with Crippen molar-refractivity contribution < 1.29 is 4.79 Å². The van der Waals surface area contributed by atoms with Crippen LogP contribution in [0, 0.1) is 5.92 Å². The van der Waals surface area contributed by atoms with Gasteiger partial charge in [-0.15, -0.1) is 11.6 Å². The van der Waals surface area contributed by atoms with E-state index < -0.39 is 0 Å². The van der Waals surface area contributed by atoms with E-state index in [4.69, 9.17) is 11.6 Å². The first-order chi connectivity index (χ1) is 3.31. The Kier molecular flexibility index (Phi) is 4.10. The van der Waals surface area contributed by atoms with E-state index in [0.717, 1.165) is 12.7 Å². The minimum Gasteiger partial charge on any atom is -0.303 e. The van der Waals surface area contributed by atoms with Crippen LogP contribution in [-0.2, 0) is 4.79 Å². The van der Waals surface area contributed by atoms with Crippen molar-refractivity contribution in [3.8, 4) is 0 Å². The molecule has 2 heteroatoms. The van der Waals surface area contributed by atoms with Crippen molar-refractivity contribution in [3.05, 3.63) is 0 Å². The lowest BCUT2D eigenvalue weighted by atomic mass is 10.2. The van der Waals surface area contributed by atoms with Gasteiger partial charge in [0.2, 0.25) is 0 Å². The fraction of sp³-hybridized carbons (Fsp3) is 0.800. The van der Waals surface area contributed by atoms with E-state index in [1.54, 1.807) is 0 Å². The highest BCUT2D eigenvalue weighted by atomic mass is 35.5. The van der Waals surface area contributed by atoms with Crippen LogP contribution in [0.5, 0.6) is 0 Å². The predicted molar refractivity (Wildman–Crippen MR) is 30.6 cm³/mol. The minimum atomic E-state index is 0.137. The van der Waals surface area contributed by atoms with Crippen molar-refractivity contribution in [2.45, 2.75) is 13.3 Å². The molecule has 0 rings (SSSR count). The average molecular weight is 121 g/mol. The first-order valence-electron chi connectivity index (χ1n) is 2.32. The maximum atomic E-state index is 9.84. The third kappa shape index (κ3) is 3.80. The van der Waals surface area contributed by atoms with Gasteiger partial charge in [0.25, 0.3) is 0 Å². The molecule has 1 atom stereocenters. The molecule has 0 radical (unpaired) electrons. The van der Waals surface area contributed by atoms with Gasteiger partial charge in [0.15, 0.2) is 0 Å². The van der Waals surface area contributed by atoms with Crippen molar-refractivity contribution in [2.24, 2.45) is 5.92 Å². The summed E-state index contributed by atoms with van der Waals surface area (Å²) < 4.78 is 0. The van der Waals surface area contributed by atoms with Crippen LogP contribution < -0.4 is 0 Å². The second kappa shape index (κ2) is 4.13. The van der Waals surface area contributed by atoms with Crippen LogP contribution in [0.4, 0.5) is 0 Å². The standard InChI is InChI=1S/C5H9ClO/c1-5(4-7)2-3-6/h4-5H,2-3H2,1H3/t5-/m0/s1. The Bertz CT molecular complexity index is 54.0. The molecule has 0 aliphatic carbocycles. The smallest absolute Gasteiger partial charge is 0.122 e. The fourth-order valence-corrected chi connectivity index (χ4v) is 0.584. The Hall–Kier alpha value is -0.0400. The Morgan fingerprint density at radius 3 is 2.57 bits per heavy atom. The lowest BCUT2D eigenvalue weighted by Gasteiger charge is -1.93. The fourth-order valence-electron chi connectivity index (χ4n) is 0.240. The van der Waals surface area contributed by atoms with Crippen LogP contribution in [0.15, 0.2) is 0 Å². The number of hydrogen-bond acceptors (Lipinski definition) is 1. The zero-order chi connectivity index (χ0) is 5.70. The Morgan fingerprint density at radius 2 is 2.43 bits per heavy atom. The molecule has 0 bridgehead atoms. The number of alkyl halides is 1. The average Bonchev–Trinajstić information content (AvgIpc) is 1.68. The summed E-state index contributed by atoms with van der Waals surface area (Å²) in [5, 5.41) is 0. The van der Waals surface area contributed by atoms with Crippen LogP contribution in [0.25, 0.3) is 0 Å². The Morgan fingerprint density at radius 1 is 1.86 bits per heavy atom. The van der Waals surface area contributed by atoms with Crippen molar-refractivity contribution in [1.29, 1.82) is 0 Å². The molecule has 0 saturated carbocycles. The summed E-state index contributed by atoms with van der Waals surface area (Å²) in [6.07, 6.45) is 1.72. The highest BCUT2D eigenvalue weighted by Crippen LogP contribution is 1.97. The second-order valence-corrected chi connectivity index (χ2v) is 1.97. The topological polar surface area (TPSA) is 17.1 Å². The second-order valence-electron chi connectivity index (χ2n) is 1.59. The molecular weight excluding hydrogens is 112 g/mol. The van der Waals surface area contributed by atoms with Gasteiger partial charge in [-0.2, -0.15) is 0 Å². The lowest BCUT2D eigenvalue weighted by Crippen LogP contribution is -1.94. The van der Waals surface area contributed by atoms with Crippen molar-refractivity contribution in [1.82, 2.24) is 0 Å². The van der Waals surface area contributed by atoms with E-state index >= 15 is 0 Å². The van der Waals surface area contributed by atoms with Gasteiger partial charge in [0, 0.05) is 11.8 Å². The van der Waals surface area contributed by atoms with Gasteiger partial charge in [-0.25, -0.2) is 0 Å². The van der Waals surface area contributed by atoms with E-state index in [2.05, 4.69) is 0 Å². The molecule has 0 spiro atoms. The number of hydrogen-bond donors (Lipinski definition) is 0. The van der Waals surface area contributed by atoms with E-state index in [1.807, 2.05) is 6.92 Å². The number of carbonyl (C=O) groups excluding carboxylic acids is 1. The molecule has 0 aliphatic heterocycles.